The number of ether oxygens (including phenoxy) is 2. The molecular formula is C38H56O3. The molecule has 0 fully saturated rings. The van der Waals surface area contributed by atoms with Crippen LogP contribution in [0.4, 0.5) is 0 Å². The van der Waals surface area contributed by atoms with Gasteiger partial charge in [-0.05, 0) is 77.7 Å². The predicted molar refractivity (Wildman–Crippen MR) is 178 cm³/mol. The quantitative estimate of drug-likeness (QED) is 0.253. The van der Waals surface area contributed by atoms with Crippen LogP contribution in [0.25, 0.3) is 0 Å². The van der Waals surface area contributed by atoms with E-state index in [9.17, 15) is 4.79 Å². The van der Waals surface area contributed by atoms with Gasteiger partial charge in [0.1, 0.15) is 6.10 Å². The largest absolute Gasteiger partial charge is 0.454 e. The average molecular weight is 561 g/mol. The first kappa shape index (κ1) is 36.1. The van der Waals surface area contributed by atoms with E-state index in [-0.39, 0.29) is 30.0 Å². The number of allylic oxidation sites excluding steroid dienone is 14. The minimum atomic E-state index is -0.362. The van der Waals surface area contributed by atoms with Gasteiger partial charge in [-0.3, -0.25) is 0 Å². The fourth-order valence-corrected chi connectivity index (χ4v) is 4.54. The van der Waals surface area contributed by atoms with E-state index < -0.39 is 0 Å². The lowest BCUT2D eigenvalue weighted by atomic mass is 9.96. The molecule has 3 nitrogen and oxygen atoms in total. The third-order valence-electron chi connectivity index (χ3n) is 7.35. The molecule has 1 aliphatic rings. The van der Waals surface area contributed by atoms with Gasteiger partial charge in [-0.15, -0.1) is 0 Å². The van der Waals surface area contributed by atoms with Gasteiger partial charge < -0.3 is 9.47 Å². The second-order valence-electron chi connectivity index (χ2n) is 11.6. The fourth-order valence-electron chi connectivity index (χ4n) is 4.54. The van der Waals surface area contributed by atoms with Crippen molar-refractivity contribution >= 4 is 5.97 Å². The van der Waals surface area contributed by atoms with Gasteiger partial charge in [0, 0.05) is 18.6 Å². The molecule has 5 atom stereocenters. The Balaban J connectivity index is 3.37. The van der Waals surface area contributed by atoms with Crippen LogP contribution in [0.1, 0.15) is 88.0 Å². The normalized spacial score (nSPS) is 34.0. The fraction of sp³-hybridized carbons (Fsp3) is 0.500. The van der Waals surface area contributed by atoms with Crippen molar-refractivity contribution in [2.24, 2.45) is 17.8 Å². The maximum absolute atomic E-state index is 13.2. The van der Waals surface area contributed by atoms with E-state index in [1.807, 2.05) is 32.1 Å². The van der Waals surface area contributed by atoms with Gasteiger partial charge in [-0.25, -0.2) is 4.79 Å². The highest BCUT2D eigenvalue weighted by atomic mass is 16.5. The molecule has 41 heavy (non-hydrogen) atoms. The van der Waals surface area contributed by atoms with Crippen molar-refractivity contribution < 1.29 is 14.3 Å². The van der Waals surface area contributed by atoms with Crippen LogP contribution < -0.4 is 0 Å². The molecule has 0 radical (unpaired) electrons. The molecule has 1 rings (SSSR count). The zero-order valence-electron chi connectivity index (χ0n) is 27.4. The molecule has 0 spiro atoms. The van der Waals surface area contributed by atoms with Crippen LogP contribution in [-0.2, 0) is 14.3 Å². The topological polar surface area (TPSA) is 35.5 Å². The summed E-state index contributed by atoms with van der Waals surface area (Å²) in [7, 11) is 1.75. The van der Waals surface area contributed by atoms with Gasteiger partial charge in [0.25, 0.3) is 0 Å². The maximum atomic E-state index is 13.2. The minimum Gasteiger partial charge on any atom is -0.454 e. The van der Waals surface area contributed by atoms with E-state index in [0.29, 0.717) is 11.5 Å². The average Bonchev–Trinajstić information content (AvgIpc) is 2.93. The highest BCUT2D eigenvalue weighted by Gasteiger charge is 2.22. The van der Waals surface area contributed by atoms with Gasteiger partial charge >= 0.3 is 5.97 Å². The molecule has 0 N–H and O–H groups in total. The molecule has 0 aromatic rings. The molecule has 0 saturated heterocycles. The van der Waals surface area contributed by atoms with Crippen LogP contribution in [0, 0.1) is 17.8 Å². The van der Waals surface area contributed by atoms with Gasteiger partial charge in [0.15, 0.2) is 0 Å². The first-order valence-corrected chi connectivity index (χ1v) is 15.3. The zero-order valence-corrected chi connectivity index (χ0v) is 27.4. The standard InChI is InChI=1S/C38H56O3/c1-11-28(2)24-25-34(8)37-33(7)19-12-13-20-36(40-10)21-15-17-29(3)16-14-18-30(4)26-31(5)22-23-32(6)27-35(9)38(39)41-37/h12-14,16-17,19-20,22-27,30,32-33,36-37H,11,15,18,21H2,1-10H3/b16-14+,19-12+,20-13+,23-22+,28-24+,29-17-,31-26+,34-25+,35-27+/t30-,32+,33-,36+,37-/m0/s1. The van der Waals surface area contributed by atoms with E-state index in [1.165, 1.54) is 16.7 Å². The Morgan fingerprint density at radius 3 is 2.37 bits per heavy atom. The summed E-state index contributed by atoms with van der Waals surface area (Å²) in [5, 5.41) is 0. The molecular weight excluding hydrogens is 504 g/mol. The first-order valence-electron chi connectivity index (χ1n) is 15.3. The summed E-state index contributed by atoms with van der Waals surface area (Å²) in [5.41, 5.74) is 5.44. The molecule has 0 bridgehead atoms. The lowest BCUT2D eigenvalue weighted by molar-refractivity contribution is -0.143. The Morgan fingerprint density at radius 1 is 0.976 bits per heavy atom. The number of methoxy groups -OCH3 is 1. The molecule has 0 aliphatic carbocycles. The van der Waals surface area contributed by atoms with E-state index in [4.69, 9.17) is 9.47 Å². The number of hydrogen-bond donors (Lipinski definition) is 0. The smallest absolute Gasteiger partial charge is 0.334 e. The molecule has 0 aromatic heterocycles. The Morgan fingerprint density at radius 2 is 1.68 bits per heavy atom. The van der Waals surface area contributed by atoms with Crippen molar-refractivity contribution in [2.45, 2.75) is 100 Å². The third kappa shape index (κ3) is 15.6. The number of esters is 1. The summed E-state index contributed by atoms with van der Waals surface area (Å²) in [6, 6.07) is 0. The molecule has 3 heteroatoms. The first-order chi connectivity index (χ1) is 19.5. The van der Waals surface area contributed by atoms with Crippen LogP contribution >= 0.6 is 0 Å². The predicted octanol–water partition coefficient (Wildman–Crippen LogP) is 10.4. The molecule has 1 aliphatic heterocycles. The Hall–Kier alpha value is -2.91. The van der Waals surface area contributed by atoms with Gasteiger partial charge in [-0.2, -0.15) is 0 Å². The van der Waals surface area contributed by atoms with Gasteiger partial charge in [0.05, 0.1) is 6.10 Å². The summed E-state index contributed by atoms with van der Waals surface area (Å²) >= 11 is 0. The van der Waals surface area contributed by atoms with E-state index in [0.717, 1.165) is 31.3 Å². The van der Waals surface area contributed by atoms with Crippen LogP contribution in [0.3, 0.4) is 0 Å². The second-order valence-corrected chi connectivity index (χ2v) is 11.6. The summed E-state index contributed by atoms with van der Waals surface area (Å²) in [4.78, 5) is 13.2. The molecule has 0 amide bonds. The highest BCUT2D eigenvalue weighted by molar-refractivity contribution is 5.88. The minimum absolute atomic E-state index is 0.000938. The Bertz CT molecular complexity index is 1090. The van der Waals surface area contributed by atoms with Crippen molar-refractivity contribution in [3.8, 4) is 0 Å². The summed E-state index contributed by atoms with van der Waals surface area (Å²) in [6.07, 6.45) is 31.3. The number of carbonyl (C=O) groups is 1. The summed E-state index contributed by atoms with van der Waals surface area (Å²) in [6.45, 7) is 18.9. The monoisotopic (exact) mass is 560 g/mol. The van der Waals surface area contributed by atoms with E-state index >= 15 is 0 Å². The number of hydrogen-bond acceptors (Lipinski definition) is 3. The van der Waals surface area contributed by atoms with Gasteiger partial charge in [-0.1, -0.05) is 123 Å². The molecule has 226 valence electrons. The van der Waals surface area contributed by atoms with Crippen LogP contribution in [-0.4, -0.2) is 25.3 Å². The summed E-state index contributed by atoms with van der Waals surface area (Å²) in [5.74, 6) is 0.277. The van der Waals surface area contributed by atoms with Crippen molar-refractivity contribution in [1.29, 1.82) is 0 Å². The number of rotatable bonds is 4. The van der Waals surface area contributed by atoms with Crippen LogP contribution in [0.15, 0.2) is 107 Å². The van der Waals surface area contributed by atoms with Crippen molar-refractivity contribution in [3.63, 3.8) is 0 Å². The highest BCUT2D eigenvalue weighted by Crippen LogP contribution is 2.21. The third-order valence-corrected chi connectivity index (χ3v) is 7.35. The zero-order chi connectivity index (χ0) is 30.8. The Labute approximate surface area is 251 Å². The second kappa shape index (κ2) is 20.0. The number of carbonyl (C=O) groups excluding carboxylic acids is 1. The maximum Gasteiger partial charge on any atom is 0.334 e. The van der Waals surface area contributed by atoms with Crippen LogP contribution in [0.5, 0.6) is 0 Å². The summed E-state index contributed by atoms with van der Waals surface area (Å²) < 4.78 is 11.8. The molecule has 0 saturated carbocycles. The van der Waals surface area contributed by atoms with Crippen LogP contribution in [0.2, 0.25) is 0 Å². The number of cyclic esters (lactones) is 1. The van der Waals surface area contributed by atoms with Crippen molar-refractivity contribution in [3.05, 3.63) is 107 Å². The molecule has 1 heterocycles. The van der Waals surface area contributed by atoms with E-state index in [2.05, 4.69) is 109 Å². The van der Waals surface area contributed by atoms with Gasteiger partial charge in [0.2, 0.25) is 0 Å². The Kier molecular flexibility index (Phi) is 17.7. The van der Waals surface area contributed by atoms with Crippen molar-refractivity contribution in [2.75, 3.05) is 7.11 Å². The SMILES string of the molecule is CC/C(C)=C/C=C(\C)[C@H]1OC(=O)/C(C)=C/[C@H](C)/C=C/C(C)=C/[C@@H](C)C/C=C/C(C)=C\CC[C@H](OC)/C=C/C=C/[C@@H]1C. The molecule has 0 unspecified atom stereocenters. The lowest BCUT2D eigenvalue weighted by Crippen LogP contribution is -2.26. The lowest BCUT2D eigenvalue weighted by Gasteiger charge is -2.23. The van der Waals surface area contributed by atoms with E-state index in [1.54, 1.807) is 7.11 Å². The van der Waals surface area contributed by atoms with Crippen molar-refractivity contribution in [1.82, 2.24) is 0 Å². The molecule has 0 aromatic carbocycles.